The van der Waals surface area contributed by atoms with Crippen molar-refractivity contribution >= 4 is 11.5 Å². The van der Waals surface area contributed by atoms with Crippen LogP contribution in [-0.2, 0) is 6.54 Å². The molecule has 0 aliphatic carbocycles. The number of aromatic amines is 1. The fraction of sp³-hybridized carbons (Fsp3) is 0.200. The minimum Gasteiger partial charge on any atom is -0.366 e. The molecule has 5 nitrogen and oxygen atoms in total. The number of nitrogens with zero attached hydrogens (tertiary/aromatic N) is 2. The lowest BCUT2D eigenvalue weighted by atomic mass is 10.4. The number of hydrogen-bond donors (Lipinski definition) is 3. The van der Waals surface area contributed by atoms with E-state index in [0.717, 1.165) is 17.3 Å². The van der Waals surface area contributed by atoms with Crippen LogP contribution < -0.4 is 10.6 Å². The molecule has 0 spiro atoms. The van der Waals surface area contributed by atoms with Crippen LogP contribution in [0.1, 0.15) is 5.82 Å². The number of hydrogen-bond acceptors (Lipinski definition) is 4. The van der Waals surface area contributed by atoms with Crippen molar-refractivity contribution in [2.24, 2.45) is 0 Å². The number of H-pyrrole nitrogens is 1. The highest BCUT2D eigenvalue weighted by Crippen LogP contribution is 2.12. The van der Waals surface area contributed by atoms with E-state index in [1.165, 1.54) is 0 Å². The lowest BCUT2D eigenvalue weighted by Gasteiger charge is -2.04. The molecule has 0 saturated carbocycles. The molecule has 0 saturated heterocycles. The molecule has 0 atom stereocenters. The van der Waals surface area contributed by atoms with E-state index >= 15 is 0 Å². The molecule has 0 fully saturated rings. The molecule has 15 heavy (non-hydrogen) atoms. The van der Waals surface area contributed by atoms with Crippen molar-refractivity contribution in [1.29, 1.82) is 0 Å². The average Bonchev–Trinajstić information content (AvgIpc) is 2.71. The Morgan fingerprint density at radius 1 is 1.40 bits per heavy atom. The molecular formula is C10H13N5. The number of rotatable bonds is 4. The summed E-state index contributed by atoms with van der Waals surface area (Å²) in [6.07, 6.45) is 5.48. The third kappa shape index (κ3) is 2.54. The van der Waals surface area contributed by atoms with E-state index in [-0.39, 0.29) is 0 Å². The van der Waals surface area contributed by atoms with Gasteiger partial charge < -0.3 is 15.6 Å². The Balaban J connectivity index is 2.11. The predicted octanol–water partition coefficient (Wildman–Crippen LogP) is 1.27. The van der Waals surface area contributed by atoms with Gasteiger partial charge in [0, 0.05) is 18.6 Å². The summed E-state index contributed by atoms with van der Waals surface area (Å²) in [4.78, 5) is 11.4. The topological polar surface area (TPSA) is 65.6 Å². The van der Waals surface area contributed by atoms with E-state index in [4.69, 9.17) is 0 Å². The Morgan fingerprint density at radius 3 is 3.07 bits per heavy atom. The highest BCUT2D eigenvalue weighted by Gasteiger charge is 1.98. The van der Waals surface area contributed by atoms with Crippen LogP contribution in [0, 0.1) is 0 Å². The van der Waals surface area contributed by atoms with Crippen molar-refractivity contribution in [1.82, 2.24) is 20.3 Å². The Kier molecular flexibility index (Phi) is 2.94. The van der Waals surface area contributed by atoms with E-state index in [1.54, 1.807) is 6.20 Å². The van der Waals surface area contributed by atoms with Gasteiger partial charge in [-0.05, 0) is 19.2 Å². The zero-order valence-corrected chi connectivity index (χ0v) is 8.49. The third-order valence-corrected chi connectivity index (χ3v) is 1.91. The number of aromatic nitrogens is 3. The van der Waals surface area contributed by atoms with Crippen molar-refractivity contribution in [2.75, 3.05) is 12.4 Å². The molecule has 3 N–H and O–H groups in total. The predicted molar refractivity (Wildman–Crippen MR) is 58.9 cm³/mol. The van der Waals surface area contributed by atoms with Gasteiger partial charge in [0.2, 0.25) is 0 Å². The van der Waals surface area contributed by atoms with Crippen molar-refractivity contribution in [3.05, 3.63) is 36.5 Å². The largest absolute Gasteiger partial charge is 0.366 e. The fourth-order valence-corrected chi connectivity index (χ4v) is 1.26. The SMILES string of the molecule is CNCc1nccc(Nc2cc[nH]c2)n1. The van der Waals surface area contributed by atoms with Gasteiger partial charge in [-0.2, -0.15) is 0 Å². The summed E-state index contributed by atoms with van der Waals surface area (Å²) in [6, 6.07) is 3.78. The Bertz CT molecular complexity index is 410. The van der Waals surface area contributed by atoms with Gasteiger partial charge in [-0.1, -0.05) is 0 Å². The molecular weight excluding hydrogens is 190 g/mol. The zero-order chi connectivity index (χ0) is 10.5. The molecule has 0 aromatic carbocycles. The van der Waals surface area contributed by atoms with Crippen molar-refractivity contribution in [3.63, 3.8) is 0 Å². The van der Waals surface area contributed by atoms with Gasteiger partial charge in [-0.25, -0.2) is 9.97 Å². The van der Waals surface area contributed by atoms with Crippen molar-refractivity contribution < 1.29 is 0 Å². The van der Waals surface area contributed by atoms with Crippen LogP contribution in [0.3, 0.4) is 0 Å². The van der Waals surface area contributed by atoms with Gasteiger partial charge in [-0.15, -0.1) is 0 Å². The van der Waals surface area contributed by atoms with Crippen molar-refractivity contribution in [2.45, 2.75) is 6.54 Å². The summed E-state index contributed by atoms with van der Waals surface area (Å²) in [6.45, 7) is 0.669. The van der Waals surface area contributed by atoms with Crippen LogP contribution in [0.5, 0.6) is 0 Å². The van der Waals surface area contributed by atoms with E-state index in [1.807, 2.05) is 31.6 Å². The lowest BCUT2D eigenvalue weighted by Crippen LogP contribution is -2.09. The van der Waals surface area contributed by atoms with E-state index < -0.39 is 0 Å². The molecule has 2 aromatic rings. The van der Waals surface area contributed by atoms with Gasteiger partial charge in [0.1, 0.15) is 11.6 Å². The minimum absolute atomic E-state index is 0.669. The Labute approximate surface area is 88.0 Å². The summed E-state index contributed by atoms with van der Waals surface area (Å²) in [5.74, 6) is 1.58. The normalized spacial score (nSPS) is 10.2. The van der Waals surface area contributed by atoms with Crippen LogP contribution >= 0.6 is 0 Å². The standard InChI is InChI=1S/C10H13N5/c1-11-7-10-13-5-3-9(15-10)14-8-2-4-12-6-8/h2-6,11-12H,7H2,1H3,(H,13,14,15). The van der Waals surface area contributed by atoms with Gasteiger partial charge >= 0.3 is 0 Å². The third-order valence-electron chi connectivity index (χ3n) is 1.91. The summed E-state index contributed by atoms with van der Waals surface area (Å²) in [7, 11) is 1.87. The maximum Gasteiger partial charge on any atom is 0.144 e. The quantitative estimate of drug-likeness (QED) is 0.700. The zero-order valence-electron chi connectivity index (χ0n) is 8.49. The molecule has 0 radical (unpaired) electrons. The number of anilines is 2. The molecule has 0 unspecified atom stereocenters. The van der Waals surface area contributed by atoms with Crippen LogP contribution in [0.4, 0.5) is 11.5 Å². The summed E-state index contributed by atoms with van der Waals surface area (Å²) < 4.78 is 0. The molecule has 0 aliphatic heterocycles. The van der Waals surface area contributed by atoms with Crippen LogP contribution in [0.15, 0.2) is 30.7 Å². The Morgan fingerprint density at radius 2 is 2.33 bits per heavy atom. The maximum atomic E-state index is 4.34. The van der Waals surface area contributed by atoms with E-state index in [9.17, 15) is 0 Å². The molecule has 5 heteroatoms. The molecule has 0 aliphatic rings. The first-order valence-electron chi connectivity index (χ1n) is 4.75. The average molecular weight is 203 g/mol. The highest BCUT2D eigenvalue weighted by atomic mass is 15.0. The van der Waals surface area contributed by atoms with Gasteiger partial charge in [0.25, 0.3) is 0 Å². The van der Waals surface area contributed by atoms with Crippen LogP contribution in [0.25, 0.3) is 0 Å². The summed E-state index contributed by atoms with van der Waals surface area (Å²) in [5.41, 5.74) is 0.990. The van der Waals surface area contributed by atoms with Gasteiger partial charge in [-0.3, -0.25) is 0 Å². The van der Waals surface area contributed by atoms with E-state index in [0.29, 0.717) is 6.54 Å². The molecule has 2 heterocycles. The summed E-state index contributed by atoms with van der Waals surface area (Å²) >= 11 is 0. The van der Waals surface area contributed by atoms with Crippen LogP contribution in [0.2, 0.25) is 0 Å². The van der Waals surface area contributed by atoms with E-state index in [2.05, 4.69) is 25.6 Å². The van der Waals surface area contributed by atoms with Gasteiger partial charge in [0.05, 0.1) is 12.2 Å². The molecule has 78 valence electrons. The highest BCUT2D eigenvalue weighted by molar-refractivity contribution is 5.54. The summed E-state index contributed by atoms with van der Waals surface area (Å²) in [5, 5.41) is 6.18. The molecule has 0 amide bonds. The number of nitrogens with one attached hydrogen (secondary N) is 3. The molecule has 0 bridgehead atoms. The second-order valence-electron chi connectivity index (χ2n) is 3.11. The van der Waals surface area contributed by atoms with Gasteiger partial charge in [0.15, 0.2) is 0 Å². The first-order chi connectivity index (χ1) is 7.38. The first-order valence-corrected chi connectivity index (χ1v) is 4.75. The molecule has 2 rings (SSSR count). The minimum atomic E-state index is 0.669. The lowest BCUT2D eigenvalue weighted by molar-refractivity contribution is 0.759. The smallest absolute Gasteiger partial charge is 0.144 e. The van der Waals surface area contributed by atoms with Crippen molar-refractivity contribution in [3.8, 4) is 0 Å². The van der Waals surface area contributed by atoms with Crippen LogP contribution in [-0.4, -0.2) is 22.0 Å². The first kappa shape index (κ1) is 9.67. The molecule has 2 aromatic heterocycles. The Hall–Kier alpha value is -1.88. The second kappa shape index (κ2) is 4.56. The maximum absolute atomic E-state index is 4.34. The fourth-order valence-electron chi connectivity index (χ4n) is 1.26. The second-order valence-corrected chi connectivity index (χ2v) is 3.11. The monoisotopic (exact) mass is 203 g/mol.